The van der Waals surface area contributed by atoms with Crippen LogP contribution in [0.25, 0.3) is 0 Å². The lowest BCUT2D eigenvalue weighted by molar-refractivity contribution is 0.493. The molecule has 1 aromatic carbocycles. The summed E-state index contributed by atoms with van der Waals surface area (Å²) >= 11 is 11.6. The summed E-state index contributed by atoms with van der Waals surface area (Å²) in [6, 6.07) is 9.59. The van der Waals surface area contributed by atoms with E-state index in [2.05, 4.69) is 43.8 Å². The molecule has 84 valence electrons. The van der Waals surface area contributed by atoms with Gasteiger partial charge in [-0.05, 0) is 62.8 Å². The average Bonchev–Trinajstić information content (AvgIpc) is 2.67. The minimum atomic E-state index is 0.641. The summed E-state index contributed by atoms with van der Waals surface area (Å²) < 4.78 is 7.21. The van der Waals surface area contributed by atoms with Crippen molar-refractivity contribution in [1.82, 2.24) is 0 Å². The monoisotopic (exact) mass is 411 g/mol. The Morgan fingerprint density at radius 2 is 2.12 bits per heavy atom. The van der Waals surface area contributed by atoms with Crippen molar-refractivity contribution in [3.8, 4) is 0 Å². The van der Waals surface area contributed by atoms with Crippen molar-refractivity contribution in [3.05, 3.63) is 49.4 Å². The number of hydrogen-bond donors (Lipinski definition) is 1. The SMILES string of the molecule is Clc1cccc(NCc2ccc(I)o2)c1Br. The summed E-state index contributed by atoms with van der Waals surface area (Å²) in [6.07, 6.45) is 0. The first-order valence-corrected chi connectivity index (χ1v) is 6.84. The van der Waals surface area contributed by atoms with Gasteiger partial charge in [0.2, 0.25) is 0 Å². The fourth-order valence-electron chi connectivity index (χ4n) is 1.27. The van der Waals surface area contributed by atoms with E-state index in [9.17, 15) is 0 Å². The molecule has 0 saturated heterocycles. The topological polar surface area (TPSA) is 25.2 Å². The molecule has 0 saturated carbocycles. The first kappa shape index (κ1) is 12.3. The second-order valence-electron chi connectivity index (χ2n) is 3.16. The fraction of sp³-hybridized carbons (Fsp3) is 0.0909. The normalized spacial score (nSPS) is 10.4. The summed E-state index contributed by atoms with van der Waals surface area (Å²) in [5.41, 5.74) is 0.957. The summed E-state index contributed by atoms with van der Waals surface area (Å²) in [4.78, 5) is 0. The van der Waals surface area contributed by atoms with Gasteiger partial charge in [-0.2, -0.15) is 0 Å². The average molecular weight is 412 g/mol. The molecule has 0 spiro atoms. The number of furan rings is 1. The van der Waals surface area contributed by atoms with Gasteiger partial charge in [-0.15, -0.1) is 0 Å². The third-order valence-corrected chi connectivity index (χ3v) is 4.01. The maximum absolute atomic E-state index is 5.99. The third kappa shape index (κ3) is 2.93. The molecule has 0 fully saturated rings. The zero-order chi connectivity index (χ0) is 11.5. The highest BCUT2D eigenvalue weighted by atomic mass is 127. The zero-order valence-corrected chi connectivity index (χ0v) is 12.6. The summed E-state index contributed by atoms with van der Waals surface area (Å²) in [5, 5.41) is 3.95. The van der Waals surface area contributed by atoms with Gasteiger partial charge in [0.1, 0.15) is 5.76 Å². The van der Waals surface area contributed by atoms with Gasteiger partial charge in [0.05, 0.1) is 21.7 Å². The molecule has 5 heteroatoms. The van der Waals surface area contributed by atoms with E-state index < -0.39 is 0 Å². The molecule has 0 bridgehead atoms. The van der Waals surface area contributed by atoms with Crippen molar-refractivity contribution in [1.29, 1.82) is 0 Å². The van der Waals surface area contributed by atoms with Gasteiger partial charge in [-0.3, -0.25) is 0 Å². The van der Waals surface area contributed by atoms with Crippen LogP contribution in [0.2, 0.25) is 5.02 Å². The van der Waals surface area contributed by atoms with Crippen LogP contribution < -0.4 is 5.32 Å². The van der Waals surface area contributed by atoms with Crippen molar-refractivity contribution in [2.24, 2.45) is 0 Å². The van der Waals surface area contributed by atoms with Gasteiger partial charge in [0.15, 0.2) is 3.77 Å². The number of benzene rings is 1. The van der Waals surface area contributed by atoms with E-state index in [0.29, 0.717) is 11.6 Å². The van der Waals surface area contributed by atoms with Crippen LogP contribution in [0.15, 0.2) is 39.2 Å². The van der Waals surface area contributed by atoms with Gasteiger partial charge < -0.3 is 9.73 Å². The van der Waals surface area contributed by atoms with Gasteiger partial charge in [-0.1, -0.05) is 17.7 Å². The first-order chi connectivity index (χ1) is 7.66. The molecule has 1 aromatic heterocycles. The number of halogens is 3. The van der Waals surface area contributed by atoms with Crippen molar-refractivity contribution in [2.45, 2.75) is 6.54 Å². The quantitative estimate of drug-likeness (QED) is 0.725. The molecule has 2 nitrogen and oxygen atoms in total. The van der Waals surface area contributed by atoms with Crippen LogP contribution in [0.1, 0.15) is 5.76 Å². The molecular weight excluding hydrogens is 404 g/mol. The Labute approximate surface area is 121 Å². The molecule has 16 heavy (non-hydrogen) atoms. The zero-order valence-electron chi connectivity index (χ0n) is 8.14. The van der Waals surface area contributed by atoms with E-state index in [1.807, 2.05) is 30.3 Å². The molecule has 0 aliphatic rings. The lowest BCUT2D eigenvalue weighted by Crippen LogP contribution is -1.98. The van der Waals surface area contributed by atoms with Crippen molar-refractivity contribution in [3.63, 3.8) is 0 Å². The Balaban J connectivity index is 2.07. The van der Waals surface area contributed by atoms with E-state index in [1.54, 1.807) is 0 Å². The minimum Gasteiger partial charge on any atom is -0.454 e. The summed E-state index contributed by atoms with van der Waals surface area (Å²) in [6.45, 7) is 0.641. The summed E-state index contributed by atoms with van der Waals surface area (Å²) in [7, 11) is 0. The number of hydrogen-bond acceptors (Lipinski definition) is 2. The Bertz CT molecular complexity index is 500. The second-order valence-corrected chi connectivity index (χ2v) is 5.42. The highest BCUT2D eigenvalue weighted by molar-refractivity contribution is 14.1. The Morgan fingerprint density at radius 1 is 1.31 bits per heavy atom. The molecule has 0 atom stereocenters. The van der Waals surface area contributed by atoms with Crippen molar-refractivity contribution < 1.29 is 4.42 Å². The van der Waals surface area contributed by atoms with Gasteiger partial charge in [0.25, 0.3) is 0 Å². The van der Waals surface area contributed by atoms with Gasteiger partial charge in [-0.25, -0.2) is 0 Å². The highest BCUT2D eigenvalue weighted by Crippen LogP contribution is 2.30. The Hall–Kier alpha value is -0.200. The molecule has 0 aliphatic heterocycles. The highest BCUT2D eigenvalue weighted by Gasteiger charge is 2.04. The fourth-order valence-corrected chi connectivity index (χ4v) is 2.31. The van der Waals surface area contributed by atoms with Crippen LogP contribution in [-0.4, -0.2) is 0 Å². The Morgan fingerprint density at radius 3 is 2.81 bits per heavy atom. The maximum Gasteiger partial charge on any atom is 0.164 e. The predicted octanol–water partition coefficient (Wildman–Crippen LogP) is 4.91. The van der Waals surface area contributed by atoms with Crippen LogP contribution >= 0.6 is 50.1 Å². The standard InChI is InChI=1S/C11H8BrClINO/c12-11-8(13)2-1-3-9(11)15-6-7-4-5-10(14)16-7/h1-5,15H,6H2. The molecule has 2 rings (SSSR count). The van der Waals surface area contributed by atoms with Crippen LogP contribution in [-0.2, 0) is 6.54 Å². The lowest BCUT2D eigenvalue weighted by Gasteiger charge is -2.07. The number of anilines is 1. The van der Waals surface area contributed by atoms with Crippen LogP contribution in [0.3, 0.4) is 0 Å². The first-order valence-electron chi connectivity index (χ1n) is 4.59. The molecule has 0 aliphatic carbocycles. The molecule has 1 N–H and O–H groups in total. The molecular formula is C11H8BrClINO. The van der Waals surface area contributed by atoms with E-state index in [4.69, 9.17) is 16.0 Å². The summed E-state index contributed by atoms with van der Waals surface area (Å²) in [5.74, 6) is 0.899. The molecule has 0 amide bonds. The Kier molecular flexibility index (Phi) is 4.16. The third-order valence-electron chi connectivity index (χ3n) is 2.03. The van der Waals surface area contributed by atoms with Gasteiger partial charge >= 0.3 is 0 Å². The van der Waals surface area contributed by atoms with Crippen molar-refractivity contribution >= 4 is 55.8 Å². The minimum absolute atomic E-state index is 0.641. The second kappa shape index (κ2) is 5.42. The van der Waals surface area contributed by atoms with Gasteiger partial charge in [0, 0.05) is 0 Å². The van der Waals surface area contributed by atoms with Crippen molar-refractivity contribution in [2.75, 3.05) is 5.32 Å². The molecule has 0 radical (unpaired) electrons. The molecule has 1 heterocycles. The van der Waals surface area contributed by atoms with E-state index in [0.717, 1.165) is 19.7 Å². The smallest absolute Gasteiger partial charge is 0.164 e. The maximum atomic E-state index is 5.99. The number of rotatable bonds is 3. The van der Waals surface area contributed by atoms with Crippen LogP contribution in [0, 0.1) is 3.77 Å². The number of nitrogens with one attached hydrogen (secondary N) is 1. The van der Waals surface area contributed by atoms with E-state index in [1.165, 1.54) is 0 Å². The lowest BCUT2D eigenvalue weighted by atomic mass is 10.3. The van der Waals surface area contributed by atoms with Crippen LogP contribution in [0.4, 0.5) is 5.69 Å². The van der Waals surface area contributed by atoms with E-state index >= 15 is 0 Å². The predicted molar refractivity (Wildman–Crippen MR) is 77.9 cm³/mol. The molecule has 2 aromatic rings. The molecule has 0 unspecified atom stereocenters. The van der Waals surface area contributed by atoms with E-state index in [-0.39, 0.29) is 0 Å². The van der Waals surface area contributed by atoms with Crippen LogP contribution in [0.5, 0.6) is 0 Å². The largest absolute Gasteiger partial charge is 0.454 e.